The van der Waals surface area contributed by atoms with Gasteiger partial charge >= 0.3 is 0 Å². The van der Waals surface area contributed by atoms with Crippen molar-refractivity contribution in [3.8, 4) is 52.0 Å². The Morgan fingerprint density at radius 2 is 0.722 bits per heavy atom. The van der Waals surface area contributed by atoms with Crippen LogP contribution in [0.5, 0.6) is 0 Å². The molecule has 0 saturated carbocycles. The van der Waals surface area contributed by atoms with Crippen LogP contribution in [0.25, 0.3) is 85.2 Å². The highest BCUT2D eigenvalue weighted by atomic mass is 15.2. The van der Waals surface area contributed by atoms with Crippen LogP contribution < -0.4 is 0 Å². The maximum Gasteiger partial charge on any atom is 0.200 e. The Morgan fingerprint density at radius 1 is 0.352 bits per heavy atom. The van der Waals surface area contributed by atoms with Crippen molar-refractivity contribution in [1.29, 1.82) is 0 Å². The molecular formula is C44H32N10. The summed E-state index contributed by atoms with van der Waals surface area (Å²) in [6.45, 7) is 6.27. The second kappa shape index (κ2) is 12.4. The molecule has 5 aromatic carbocycles. The van der Waals surface area contributed by atoms with Gasteiger partial charge in [-0.05, 0) is 92.1 Å². The lowest BCUT2D eigenvalue weighted by molar-refractivity contribution is 0.953. The molecule has 10 nitrogen and oxygen atoms in total. The van der Waals surface area contributed by atoms with Gasteiger partial charge in [-0.1, -0.05) is 78.9 Å². The first kappa shape index (κ1) is 31.4. The van der Waals surface area contributed by atoms with Crippen LogP contribution in [0.2, 0.25) is 0 Å². The minimum atomic E-state index is 0.364. The smallest absolute Gasteiger partial charge is 0.200 e. The first-order valence-corrected chi connectivity index (χ1v) is 17.8. The van der Waals surface area contributed by atoms with Crippen molar-refractivity contribution in [2.24, 2.45) is 0 Å². The van der Waals surface area contributed by atoms with E-state index in [2.05, 4.69) is 78.4 Å². The number of benzene rings is 5. The van der Waals surface area contributed by atoms with Crippen LogP contribution in [0.3, 0.4) is 0 Å². The van der Waals surface area contributed by atoms with Gasteiger partial charge in [-0.25, -0.2) is 34.9 Å². The van der Waals surface area contributed by atoms with Crippen LogP contribution in [0.1, 0.15) is 16.7 Å². The van der Waals surface area contributed by atoms with E-state index in [1.54, 1.807) is 6.20 Å². The number of nitrogens with zero attached hydrogens (tertiary/aromatic N) is 10. The molecule has 0 radical (unpaired) electrons. The van der Waals surface area contributed by atoms with Crippen molar-refractivity contribution >= 4 is 33.2 Å². The molecule has 5 aromatic heterocycles. The van der Waals surface area contributed by atoms with Gasteiger partial charge in [0.1, 0.15) is 5.52 Å². The average molecular weight is 701 g/mol. The number of aryl methyl sites for hydroxylation is 3. The molecule has 54 heavy (non-hydrogen) atoms. The number of imidazole rings is 3. The monoisotopic (exact) mass is 700 g/mol. The highest BCUT2D eigenvalue weighted by Crippen LogP contribution is 2.35. The number of hydrogen-bond acceptors (Lipinski definition) is 7. The van der Waals surface area contributed by atoms with Crippen LogP contribution in [-0.4, -0.2) is 48.6 Å². The molecule has 10 rings (SSSR count). The fourth-order valence-electron chi connectivity index (χ4n) is 7.25. The Balaban J connectivity index is 1.33. The summed E-state index contributed by atoms with van der Waals surface area (Å²) in [7, 11) is 0. The van der Waals surface area contributed by atoms with Crippen molar-refractivity contribution in [2.75, 3.05) is 0 Å². The second-order valence-corrected chi connectivity index (χ2v) is 13.3. The van der Waals surface area contributed by atoms with E-state index in [9.17, 15) is 0 Å². The van der Waals surface area contributed by atoms with Gasteiger partial charge in [0.05, 0.1) is 39.1 Å². The minimum Gasteiger partial charge on any atom is -0.289 e. The molecule has 0 bridgehead atoms. The van der Waals surface area contributed by atoms with Crippen molar-refractivity contribution in [1.82, 2.24) is 48.6 Å². The molecule has 10 heteroatoms. The summed E-state index contributed by atoms with van der Waals surface area (Å²) in [4.78, 5) is 36.0. The Bertz CT molecular complexity index is 2720. The van der Waals surface area contributed by atoms with E-state index >= 15 is 0 Å². The van der Waals surface area contributed by atoms with Gasteiger partial charge in [-0.15, -0.1) is 0 Å². The van der Waals surface area contributed by atoms with Crippen LogP contribution in [0, 0.1) is 20.8 Å². The Hall–Kier alpha value is -7.33. The molecule has 0 amide bonds. The fourth-order valence-corrected chi connectivity index (χ4v) is 7.25. The number of fused-ring (bicyclic) bond motifs is 3. The summed E-state index contributed by atoms with van der Waals surface area (Å²) in [5.74, 6) is 2.81. The predicted molar refractivity (Wildman–Crippen MR) is 212 cm³/mol. The first-order chi connectivity index (χ1) is 26.5. The maximum absolute atomic E-state index is 5.25. The van der Waals surface area contributed by atoms with Crippen LogP contribution in [0.15, 0.2) is 140 Å². The third-order valence-corrected chi connectivity index (χ3v) is 9.84. The van der Waals surface area contributed by atoms with Gasteiger partial charge in [0.15, 0.2) is 23.1 Å². The highest BCUT2D eigenvalue weighted by Gasteiger charge is 2.26. The van der Waals surface area contributed by atoms with Crippen molar-refractivity contribution in [3.05, 3.63) is 156 Å². The molecule has 0 atom stereocenters. The van der Waals surface area contributed by atoms with E-state index in [-0.39, 0.29) is 0 Å². The largest absolute Gasteiger partial charge is 0.289 e. The Morgan fingerprint density at radius 3 is 1.20 bits per heavy atom. The summed E-state index contributed by atoms with van der Waals surface area (Å²) < 4.78 is 6.29. The summed E-state index contributed by atoms with van der Waals surface area (Å²) in [5.41, 5.74) is 11.1. The quantitative estimate of drug-likeness (QED) is 0.170. The van der Waals surface area contributed by atoms with Gasteiger partial charge in [0.25, 0.3) is 0 Å². The zero-order valence-corrected chi connectivity index (χ0v) is 29.8. The number of pyridine rings is 1. The molecule has 0 aliphatic rings. The molecule has 0 N–H and O–H groups in total. The fraction of sp³-hybridized carbons (Fsp3) is 0.0682. The zero-order chi connectivity index (χ0) is 36.3. The SMILES string of the molecule is Cc1ccccc1-n1c(-c2nc(-c3nc4ccccc4n3-c3ccccc3C)nc(-c3nc4cccnc4n3-c3ccccc3C)n2)nc2ccccc21. The van der Waals surface area contributed by atoms with E-state index in [1.165, 1.54) is 0 Å². The van der Waals surface area contributed by atoms with E-state index in [0.717, 1.165) is 61.3 Å². The Kier molecular flexibility index (Phi) is 7.22. The number of para-hydroxylation sites is 7. The maximum atomic E-state index is 5.25. The van der Waals surface area contributed by atoms with Crippen LogP contribution in [-0.2, 0) is 0 Å². The lowest BCUT2D eigenvalue weighted by Crippen LogP contribution is -2.10. The molecule has 0 spiro atoms. The van der Waals surface area contributed by atoms with Gasteiger partial charge in [-0.2, -0.15) is 0 Å². The van der Waals surface area contributed by atoms with Gasteiger partial charge in [-0.3, -0.25) is 13.7 Å². The lowest BCUT2D eigenvalue weighted by Gasteiger charge is -2.15. The number of aromatic nitrogens is 10. The molecule has 0 aliphatic carbocycles. The summed E-state index contributed by atoms with van der Waals surface area (Å²) >= 11 is 0. The van der Waals surface area contributed by atoms with Crippen LogP contribution in [0.4, 0.5) is 0 Å². The summed E-state index contributed by atoms with van der Waals surface area (Å²) in [6, 6.07) is 44.8. The van der Waals surface area contributed by atoms with E-state index < -0.39 is 0 Å². The van der Waals surface area contributed by atoms with Crippen LogP contribution >= 0.6 is 0 Å². The molecule has 0 unspecified atom stereocenters. The van der Waals surface area contributed by atoms with Gasteiger partial charge < -0.3 is 0 Å². The second-order valence-electron chi connectivity index (χ2n) is 13.3. The topological polar surface area (TPSA) is 105 Å². The molecule has 0 saturated heterocycles. The number of rotatable bonds is 6. The first-order valence-electron chi connectivity index (χ1n) is 17.8. The highest BCUT2D eigenvalue weighted by molar-refractivity contribution is 5.85. The predicted octanol–water partition coefficient (Wildman–Crippen LogP) is 9.21. The number of hydrogen-bond donors (Lipinski definition) is 0. The van der Waals surface area contributed by atoms with E-state index in [1.807, 2.05) is 89.5 Å². The van der Waals surface area contributed by atoms with E-state index in [0.29, 0.717) is 40.6 Å². The Labute approximate surface area is 310 Å². The van der Waals surface area contributed by atoms with Crippen molar-refractivity contribution in [2.45, 2.75) is 20.8 Å². The molecular weight excluding hydrogens is 669 g/mol. The van der Waals surface area contributed by atoms with Gasteiger partial charge in [0.2, 0.25) is 17.5 Å². The van der Waals surface area contributed by atoms with Gasteiger partial charge in [0, 0.05) is 6.20 Å². The molecule has 258 valence electrons. The third-order valence-electron chi connectivity index (χ3n) is 9.84. The molecule has 0 fully saturated rings. The summed E-state index contributed by atoms with van der Waals surface area (Å²) in [6.07, 6.45) is 1.78. The van der Waals surface area contributed by atoms with Crippen molar-refractivity contribution < 1.29 is 0 Å². The van der Waals surface area contributed by atoms with E-state index in [4.69, 9.17) is 34.9 Å². The normalized spacial score (nSPS) is 11.6. The van der Waals surface area contributed by atoms with Crippen molar-refractivity contribution in [3.63, 3.8) is 0 Å². The molecule has 10 aromatic rings. The third kappa shape index (κ3) is 4.99. The molecule has 5 heterocycles. The summed E-state index contributed by atoms with van der Waals surface area (Å²) in [5, 5.41) is 0. The standard InChI is InChI=1S/C44H32N10/c1-27-15-4-9-21-33(27)52-36-24-12-7-18-30(36)46-42(52)38-49-39(43-47-31-19-8-13-25-37(31)53(43)34-22-10-5-16-28(34)2)51-40(50-38)44-48-32-20-14-26-45-41(32)54(44)35-23-11-6-17-29(35)3/h4-26H,1-3H3. The zero-order valence-electron chi connectivity index (χ0n) is 29.8. The average Bonchev–Trinajstić information content (AvgIpc) is 3.91. The minimum absolute atomic E-state index is 0.364. The lowest BCUT2D eigenvalue weighted by atomic mass is 10.2. The molecule has 0 aliphatic heterocycles.